The fraction of sp³-hybridized carbons (Fsp3) is 0.455. The molecule has 1 nitrogen and oxygen atoms in total. The number of hydrogen-bond donors (Lipinski definition) is 1. The van der Waals surface area contributed by atoms with Crippen LogP contribution in [0.25, 0.3) is 0 Å². The Morgan fingerprint density at radius 3 is 3.08 bits per heavy atom. The fourth-order valence-corrected chi connectivity index (χ4v) is 1.87. The highest BCUT2D eigenvalue weighted by Crippen LogP contribution is 2.07. The van der Waals surface area contributed by atoms with E-state index in [4.69, 9.17) is 0 Å². The average Bonchev–Trinajstić information content (AvgIpc) is 2.63. The zero-order valence-corrected chi connectivity index (χ0v) is 8.78. The van der Waals surface area contributed by atoms with Crippen LogP contribution in [-0.4, -0.2) is 13.1 Å². The number of thiophene rings is 1. The van der Waals surface area contributed by atoms with E-state index < -0.39 is 0 Å². The largest absolute Gasteiger partial charge is 0.316 e. The molecular formula is C11H17NS. The summed E-state index contributed by atoms with van der Waals surface area (Å²) in [5.74, 6) is 0. The third kappa shape index (κ3) is 4.86. The molecule has 0 atom stereocenters. The summed E-state index contributed by atoms with van der Waals surface area (Å²) in [6.07, 6.45) is 5.45. The monoisotopic (exact) mass is 195 g/mol. The second kappa shape index (κ2) is 6.87. The Bertz CT molecular complexity index is 216. The molecule has 72 valence electrons. The van der Waals surface area contributed by atoms with Crippen molar-refractivity contribution in [3.63, 3.8) is 0 Å². The summed E-state index contributed by atoms with van der Waals surface area (Å²) < 4.78 is 0. The molecule has 1 N–H and O–H groups in total. The molecule has 13 heavy (non-hydrogen) atoms. The topological polar surface area (TPSA) is 12.0 Å². The van der Waals surface area contributed by atoms with E-state index in [2.05, 4.69) is 29.4 Å². The van der Waals surface area contributed by atoms with Crippen LogP contribution >= 0.6 is 11.3 Å². The molecule has 0 aliphatic heterocycles. The van der Waals surface area contributed by atoms with Gasteiger partial charge in [-0.15, -0.1) is 17.9 Å². The molecule has 0 bridgehead atoms. The normalized spacial score (nSPS) is 10.2. The van der Waals surface area contributed by atoms with Gasteiger partial charge in [-0.2, -0.15) is 0 Å². The van der Waals surface area contributed by atoms with Gasteiger partial charge in [-0.25, -0.2) is 0 Å². The first-order chi connectivity index (χ1) is 6.43. The highest BCUT2D eigenvalue weighted by atomic mass is 32.1. The van der Waals surface area contributed by atoms with Crippen LogP contribution in [0.5, 0.6) is 0 Å². The second-order valence-electron chi connectivity index (χ2n) is 3.01. The van der Waals surface area contributed by atoms with Gasteiger partial charge in [-0.1, -0.05) is 12.1 Å². The van der Waals surface area contributed by atoms with Gasteiger partial charge in [0.2, 0.25) is 0 Å². The number of nitrogens with one attached hydrogen (secondary N) is 1. The van der Waals surface area contributed by atoms with Crippen molar-refractivity contribution in [2.24, 2.45) is 0 Å². The lowest BCUT2D eigenvalue weighted by atomic mass is 10.3. The minimum Gasteiger partial charge on any atom is -0.316 e. The molecule has 0 saturated carbocycles. The van der Waals surface area contributed by atoms with Crippen molar-refractivity contribution >= 4 is 11.3 Å². The maximum atomic E-state index is 3.69. The highest BCUT2D eigenvalue weighted by molar-refractivity contribution is 7.09. The summed E-state index contributed by atoms with van der Waals surface area (Å²) >= 11 is 1.84. The first kappa shape index (κ1) is 10.5. The van der Waals surface area contributed by atoms with E-state index in [1.165, 1.54) is 11.3 Å². The van der Waals surface area contributed by atoms with Crippen LogP contribution in [0.2, 0.25) is 0 Å². The van der Waals surface area contributed by atoms with Gasteiger partial charge in [0.25, 0.3) is 0 Å². The molecule has 0 aliphatic rings. The lowest BCUT2D eigenvalue weighted by Crippen LogP contribution is -2.17. The first-order valence-electron chi connectivity index (χ1n) is 4.77. The summed E-state index contributed by atoms with van der Waals surface area (Å²) in [5.41, 5.74) is 0. The van der Waals surface area contributed by atoms with Crippen LogP contribution in [0.3, 0.4) is 0 Å². The van der Waals surface area contributed by atoms with Crippen LogP contribution in [0.1, 0.15) is 17.7 Å². The smallest absolute Gasteiger partial charge is 0.00578 e. The SMILES string of the molecule is C=CCCCNCCc1cccs1. The van der Waals surface area contributed by atoms with E-state index in [0.29, 0.717) is 0 Å². The Balaban J connectivity index is 1.93. The van der Waals surface area contributed by atoms with Crippen LogP contribution in [0.15, 0.2) is 30.2 Å². The number of allylic oxidation sites excluding steroid dienone is 1. The summed E-state index contributed by atoms with van der Waals surface area (Å²) in [4.78, 5) is 1.47. The van der Waals surface area contributed by atoms with Gasteiger partial charge in [0.1, 0.15) is 0 Å². The van der Waals surface area contributed by atoms with E-state index >= 15 is 0 Å². The number of hydrogen-bond acceptors (Lipinski definition) is 2. The predicted octanol–water partition coefficient (Wildman–Crippen LogP) is 2.85. The van der Waals surface area contributed by atoms with Gasteiger partial charge in [-0.05, 0) is 43.8 Å². The molecular weight excluding hydrogens is 178 g/mol. The predicted molar refractivity (Wildman–Crippen MR) is 60.3 cm³/mol. The summed E-state index contributed by atoms with van der Waals surface area (Å²) in [7, 11) is 0. The van der Waals surface area contributed by atoms with Crippen LogP contribution in [0, 0.1) is 0 Å². The molecule has 0 saturated heterocycles. The molecule has 0 fully saturated rings. The lowest BCUT2D eigenvalue weighted by Gasteiger charge is -2.01. The van der Waals surface area contributed by atoms with Crippen LogP contribution in [-0.2, 0) is 6.42 Å². The van der Waals surface area contributed by atoms with Crippen LogP contribution in [0.4, 0.5) is 0 Å². The molecule has 2 heteroatoms. The summed E-state index contributed by atoms with van der Waals surface area (Å²) in [5, 5.41) is 5.55. The van der Waals surface area contributed by atoms with Gasteiger partial charge in [0, 0.05) is 4.88 Å². The Hall–Kier alpha value is -0.600. The van der Waals surface area contributed by atoms with Crippen molar-refractivity contribution in [1.82, 2.24) is 5.32 Å². The third-order valence-corrected chi connectivity index (χ3v) is 2.83. The van der Waals surface area contributed by atoms with Crippen molar-refractivity contribution in [3.05, 3.63) is 35.0 Å². The standard InChI is InChI=1S/C11H17NS/c1-2-3-4-8-12-9-7-11-6-5-10-13-11/h2,5-6,10,12H,1,3-4,7-9H2. The van der Waals surface area contributed by atoms with Crippen molar-refractivity contribution in [1.29, 1.82) is 0 Å². The maximum absolute atomic E-state index is 3.69. The summed E-state index contributed by atoms with van der Waals surface area (Å²) in [6.45, 7) is 5.90. The van der Waals surface area contributed by atoms with Crippen molar-refractivity contribution in [2.45, 2.75) is 19.3 Å². The van der Waals surface area contributed by atoms with E-state index in [9.17, 15) is 0 Å². The lowest BCUT2D eigenvalue weighted by molar-refractivity contribution is 0.655. The van der Waals surface area contributed by atoms with Crippen molar-refractivity contribution in [2.75, 3.05) is 13.1 Å². The first-order valence-corrected chi connectivity index (χ1v) is 5.65. The van der Waals surface area contributed by atoms with Gasteiger partial charge < -0.3 is 5.32 Å². The zero-order chi connectivity index (χ0) is 9.36. The van der Waals surface area contributed by atoms with Gasteiger partial charge in [0.15, 0.2) is 0 Å². The third-order valence-electron chi connectivity index (χ3n) is 1.89. The minimum atomic E-state index is 1.09. The Kier molecular flexibility index (Phi) is 5.54. The Morgan fingerprint density at radius 1 is 1.46 bits per heavy atom. The van der Waals surface area contributed by atoms with Gasteiger partial charge in [0.05, 0.1) is 0 Å². The van der Waals surface area contributed by atoms with Gasteiger partial charge >= 0.3 is 0 Å². The summed E-state index contributed by atoms with van der Waals surface area (Å²) in [6, 6.07) is 4.30. The number of unbranched alkanes of at least 4 members (excludes halogenated alkanes) is 1. The highest BCUT2D eigenvalue weighted by Gasteiger charge is 1.92. The molecule has 0 radical (unpaired) electrons. The molecule has 0 unspecified atom stereocenters. The molecule has 0 amide bonds. The molecule has 0 aromatic carbocycles. The molecule has 1 rings (SSSR count). The maximum Gasteiger partial charge on any atom is 0.00578 e. The quantitative estimate of drug-likeness (QED) is 0.521. The molecule has 0 spiro atoms. The van der Waals surface area contributed by atoms with E-state index in [1.54, 1.807) is 0 Å². The fourth-order valence-electron chi connectivity index (χ4n) is 1.16. The van der Waals surface area contributed by atoms with E-state index in [-0.39, 0.29) is 0 Å². The number of rotatable bonds is 7. The molecule has 1 heterocycles. The van der Waals surface area contributed by atoms with Gasteiger partial charge in [-0.3, -0.25) is 0 Å². The van der Waals surface area contributed by atoms with Crippen molar-refractivity contribution < 1.29 is 0 Å². The Morgan fingerprint density at radius 2 is 2.38 bits per heavy atom. The van der Waals surface area contributed by atoms with E-state index in [0.717, 1.165) is 25.9 Å². The second-order valence-corrected chi connectivity index (χ2v) is 4.04. The Labute approximate surface area is 84.5 Å². The zero-order valence-electron chi connectivity index (χ0n) is 7.96. The molecule has 1 aromatic heterocycles. The van der Waals surface area contributed by atoms with Crippen molar-refractivity contribution in [3.8, 4) is 0 Å². The molecule has 1 aromatic rings. The molecule has 0 aliphatic carbocycles. The van der Waals surface area contributed by atoms with Crippen LogP contribution < -0.4 is 5.32 Å². The minimum absolute atomic E-state index is 1.09. The average molecular weight is 195 g/mol. The van der Waals surface area contributed by atoms with E-state index in [1.807, 2.05) is 17.4 Å².